The van der Waals surface area contributed by atoms with Crippen molar-refractivity contribution in [2.24, 2.45) is 0 Å². The van der Waals surface area contributed by atoms with Crippen LogP contribution in [0, 0.1) is 12.7 Å². The lowest BCUT2D eigenvalue weighted by atomic mass is 10.1. The van der Waals surface area contributed by atoms with Gasteiger partial charge in [-0.3, -0.25) is 0 Å². The van der Waals surface area contributed by atoms with Crippen molar-refractivity contribution in [1.29, 1.82) is 0 Å². The smallest absolute Gasteiger partial charge is 0.123 e. The summed E-state index contributed by atoms with van der Waals surface area (Å²) in [6.45, 7) is 6.57. The van der Waals surface area contributed by atoms with E-state index in [0.717, 1.165) is 24.2 Å². The average molecular weight is 238 g/mol. The van der Waals surface area contributed by atoms with Gasteiger partial charge >= 0.3 is 0 Å². The molecule has 94 valence electrons. The molecule has 1 aromatic carbocycles. The van der Waals surface area contributed by atoms with Gasteiger partial charge in [-0.1, -0.05) is 0 Å². The van der Waals surface area contributed by atoms with Crippen molar-refractivity contribution in [3.8, 4) is 5.75 Å². The van der Waals surface area contributed by atoms with E-state index in [1.165, 1.54) is 12.1 Å². The minimum atomic E-state index is -0.229. The van der Waals surface area contributed by atoms with Crippen LogP contribution in [0.1, 0.15) is 32.3 Å². The molecule has 1 saturated heterocycles. The number of halogens is 1. The van der Waals surface area contributed by atoms with Crippen LogP contribution in [0.3, 0.4) is 0 Å². The Labute approximate surface area is 102 Å². The number of hydrogen-bond acceptors (Lipinski definition) is 2. The van der Waals surface area contributed by atoms with Crippen LogP contribution in [0.5, 0.6) is 5.75 Å². The Balaban J connectivity index is 1.90. The average Bonchev–Trinajstić information content (AvgIpc) is 2.57. The maximum Gasteiger partial charge on any atom is 0.123 e. The molecule has 1 heterocycles. The summed E-state index contributed by atoms with van der Waals surface area (Å²) in [5.41, 5.74) is 0.786. The quantitative estimate of drug-likeness (QED) is 0.802. The fourth-order valence-electron chi connectivity index (χ4n) is 2.15. The van der Waals surface area contributed by atoms with Gasteiger partial charge in [0.1, 0.15) is 18.2 Å². The molecule has 1 unspecified atom stereocenters. The van der Waals surface area contributed by atoms with E-state index in [1.807, 2.05) is 6.92 Å². The van der Waals surface area contributed by atoms with E-state index in [1.54, 1.807) is 6.07 Å². The minimum absolute atomic E-state index is 0.0358. The highest BCUT2D eigenvalue weighted by atomic mass is 19.1. The van der Waals surface area contributed by atoms with Crippen LogP contribution in [0.4, 0.5) is 4.39 Å². The lowest BCUT2D eigenvalue weighted by Crippen LogP contribution is -2.24. The molecule has 0 aliphatic carbocycles. The topological polar surface area (TPSA) is 18.5 Å². The van der Waals surface area contributed by atoms with Gasteiger partial charge in [0.15, 0.2) is 0 Å². The zero-order valence-electron chi connectivity index (χ0n) is 10.6. The van der Waals surface area contributed by atoms with Gasteiger partial charge in [0.25, 0.3) is 0 Å². The molecule has 2 nitrogen and oxygen atoms in total. The summed E-state index contributed by atoms with van der Waals surface area (Å²) in [7, 11) is 0. The second kappa shape index (κ2) is 4.65. The first-order chi connectivity index (χ1) is 7.96. The summed E-state index contributed by atoms with van der Waals surface area (Å²) in [5, 5.41) is 0. The molecule has 0 bridgehead atoms. The van der Waals surface area contributed by atoms with E-state index in [9.17, 15) is 4.39 Å². The van der Waals surface area contributed by atoms with Gasteiger partial charge < -0.3 is 9.47 Å². The van der Waals surface area contributed by atoms with Gasteiger partial charge in [-0.15, -0.1) is 0 Å². The lowest BCUT2D eigenvalue weighted by molar-refractivity contribution is -0.0327. The second-order valence-electron chi connectivity index (χ2n) is 5.26. The molecule has 1 atom stereocenters. The molecule has 0 spiro atoms. The van der Waals surface area contributed by atoms with E-state index in [-0.39, 0.29) is 17.5 Å². The third-order valence-electron chi connectivity index (χ3n) is 3.12. The Morgan fingerprint density at radius 2 is 2.24 bits per heavy atom. The Morgan fingerprint density at radius 1 is 1.47 bits per heavy atom. The van der Waals surface area contributed by atoms with E-state index < -0.39 is 0 Å². The highest BCUT2D eigenvalue weighted by molar-refractivity contribution is 5.32. The maximum atomic E-state index is 12.9. The third kappa shape index (κ3) is 3.19. The molecule has 1 aliphatic heterocycles. The van der Waals surface area contributed by atoms with Crippen LogP contribution in [0.2, 0.25) is 0 Å². The van der Waals surface area contributed by atoms with E-state index in [4.69, 9.17) is 9.47 Å². The van der Waals surface area contributed by atoms with Gasteiger partial charge in [-0.25, -0.2) is 4.39 Å². The van der Waals surface area contributed by atoms with Crippen molar-refractivity contribution in [2.45, 2.75) is 45.3 Å². The van der Waals surface area contributed by atoms with Gasteiger partial charge in [0.05, 0.1) is 11.7 Å². The van der Waals surface area contributed by atoms with Crippen LogP contribution < -0.4 is 4.74 Å². The Hall–Kier alpha value is -1.09. The van der Waals surface area contributed by atoms with E-state index in [2.05, 4.69) is 13.8 Å². The standard InChI is InChI=1S/C14H19FO2/c1-10-8-11(15)4-5-13(10)16-9-12-6-7-14(2,3)17-12/h4-5,8,12H,6-7,9H2,1-3H3. The van der Waals surface area contributed by atoms with Crippen molar-refractivity contribution < 1.29 is 13.9 Å². The molecule has 1 fully saturated rings. The largest absolute Gasteiger partial charge is 0.491 e. The van der Waals surface area contributed by atoms with Crippen molar-refractivity contribution in [1.82, 2.24) is 0 Å². The zero-order chi connectivity index (χ0) is 12.5. The molecule has 0 saturated carbocycles. The first kappa shape index (κ1) is 12.4. The highest BCUT2D eigenvalue weighted by Gasteiger charge is 2.31. The number of rotatable bonds is 3. The summed E-state index contributed by atoms with van der Waals surface area (Å²) >= 11 is 0. The Morgan fingerprint density at radius 3 is 2.82 bits per heavy atom. The van der Waals surface area contributed by atoms with E-state index in [0.29, 0.717) is 6.61 Å². The molecule has 0 aromatic heterocycles. The number of hydrogen-bond donors (Lipinski definition) is 0. The summed E-state index contributed by atoms with van der Waals surface area (Å²) in [6, 6.07) is 4.57. The van der Waals surface area contributed by atoms with Crippen molar-refractivity contribution in [3.63, 3.8) is 0 Å². The summed E-state index contributed by atoms with van der Waals surface area (Å²) in [4.78, 5) is 0. The molecule has 1 aromatic rings. The highest BCUT2D eigenvalue weighted by Crippen LogP contribution is 2.30. The van der Waals surface area contributed by atoms with Gasteiger partial charge in [0, 0.05) is 0 Å². The van der Waals surface area contributed by atoms with Crippen molar-refractivity contribution in [2.75, 3.05) is 6.61 Å². The summed E-state index contributed by atoms with van der Waals surface area (Å²) < 4.78 is 24.4. The predicted octanol–water partition coefficient (Wildman–Crippen LogP) is 3.47. The lowest BCUT2D eigenvalue weighted by Gasteiger charge is -2.19. The normalized spacial score (nSPS) is 22.7. The van der Waals surface area contributed by atoms with Crippen LogP contribution >= 0.6 is 0 Å². The second-order valence-corrected chi connectivity index (χ2v) is 5.26. The van der Waals surface area contributed by atoms with Crippen LogP contribution in [-0.4, -0.2) is 18.3 Å². The molecular formula is C14H19FO2. The molecular weight excluding hydrogens is 219 g/mol. The molecule has 0 radical (unpaired) electrons. The molecule has 1 aliphatic rings. The van der Waals surface area contributed by atoms with Gasteiger partial charge in [0.2, 0.25) is 0 Å². The third-order valence-corrected chi connectivity index (χ3v) is 3.12. The number of ether oxygens (including phenoxy) is 2. The van der Waals surface area contributed by atoms with Crippen molar-refractivity contribution >= 4 is 0 Å². The molecule has 2 rings (SSSR count). The molecule has 17 heavy (non-hydrogen) atoms. The van der Waals surface area contributed by atoms with Crippen molar-refractivity contribution in [3.05, 3.63) is 29.6 Å². The van der Waals surface area contributed by atoms with Gasteiger partial charge in [-0.2, -0.15) is 0 Å². The van der Waals surface area contributed by atoms with E-state index >= 15 is 0 Å². The summed E-state index contributed by atoms with van der Waals surface area (Å²) in [6.07, 6.45) is 2.23. The number of aryl methyl sites for hydroxylation is 1. The summed E-state index contributed by atoms with van der Waals surface area (Å²) in [5.74, 6) is 0.507. The Bertz CT molecular complexity index is 401. The fraction of sp³-hybridized carbons (Fsp3) is 0.571. The maximum absolute atomic E-state index is 12.9. The molecule has 3 heteroatoms. The first-order valence-electron chi connectivity index (χ1n) is 6.03. The minimum Gasteiger partial charge on any atom is -0.491 e. The fourth-order valence-corrected chi connectivity index (χ4v) is 2.15. The molecule has 0 N–H and O–H groups in total. The number of benzene rings is 1. The SMILES string of the molecule is Cc1cc(F)ccc1OCC1CCC(C)(C)O1. The Kier molecular flexibility index (Phi) is 3.38. The zero-order valence-corrected chi connectivity index (χ0v) is 10.6. The first-order valence-corrected chi connectivity index (χ1v) is 6.03. The van der Waals surface area contributed by atoms with Crippen LogP contribution in [0.25, 0.3) is 0 Å². The van der Waals surface area contributed by atoms with Crippen LogP contribution in [0.15, 0.2) is 18.2 Å². The predicted molar refractivity (Wildman–Crippen MR) is 64.8 cm³/mol. The van der Waals surface area contributed by atoms with Gasteiger partial charge in [-0.05, 0) is 57.4 Å². The molecule has 0 amide bonds. The monoisotopic (exact) mass is 238 g/mol. The van der Waals surface area contributed by atoms with Crippen LogP contribution in [-0.2, 0) is 4.74 Å².